The van der Waals surface area contributed by atoms with Gasteiger partial charge in [0.25, 0.3) is 5.95 Å². The maximum absolute atomic E-state index is 5.23. The summed E-state index contributed by atoms with van der Waals surface area (Å²) < 4.78 is 10.5. The van der Waals surface area contributed by atoms with Gasteiger partial charge in [-0.1, -0.05) is 6.08 Å². The minimum absolute atomic E-state index is 0.641. The molecule has 0 saturated carbocycles. The number of rotatable bonds is 7. The number of ether oxygens (including phenoxy) is 2. The predicted octanol–water partition coefficient (Wildman–Crippen LogP) is 2.87. The van der Waals surface area contributed by atoms with Crippen molar-refractivity contribution in [2.75, 3.05) is 13.2 Å². The van der Waals surface area contributed by atoms with Gasteiger partial charge in [0.05, 0.1) is 13.2 Å². The number of unbranched alkanes of at least 4 members (excludes halogenated alkanes) is 1. The van der Waals surface area contributed by atoms with Crippen LogP contribution in [0.3, 0.4) is 0 Å². The van der Waals surface area contributed by atoms with E-state index in [0.717, 1.165) is 12.8 Å². The lowest BCUT2D eigenvalue weighted by Crippen LogP contribution is -1.97. The largest absolute Gasteiger partial charge is 0.466 e. The van der Waals surface area contributed by atoms with Crippen LogP contribution < -0.4 is 0 Å². The molecule has 70 valence electrons. The van der Waals surface area contributed by atoms with Crippen LogP contribution in [0.1, 0.15) is 26.7 Å². The molecule has 0 heterocycles. The van der Waals surface area contributed by atoms with E-state index in [1.807, 2.05) is 26.0 Å². The molecular weight excluding hydrogens is 152 g/mol. The van der Waals surface area contributed by atoms with E-state index in [9.17, 15) is 0 Å². The van der Waals surface area contributed by atoms with Gasteiger partial charge in [0.1, 0.15) is 0 Å². The van der Waals surface area contributed by atoms with Gasteiger partial charge in [-0.05, 0) is 32.8 Å². The second kappa shape index (κ2) is 8.18. The fraction of sp³-hybridized carbons (Fsp3) is 0.600. The summed E-state index contributed by atoms with van der Waals surface area (Å²) in [4.78, 5) is 0. The second-order valence-electron chi connectivity index (χ2n) is 2.26. The molecule has 0 aliphatic rings. The third-order valence-electron chi connectivity index (χ3n) is 1.25. The van der Waals surface area contributed by atoms with Crippen molar-refractivity contribution in [1.82, 2.24) is 0 Å². The van der Waals surface area contributed by atoms with Gasteiger partial charge >= 0.3 is 0 Å². The highest BCUT2D eigenvalue weighted by Gasteiger charge is 1.94. The topological polar surface area (TPSA) is 18.5 Å². The summed E-state index contributed by atoms with van der Waals surface area (Å²) in [5, 5.41) is 0. The molecule has 0 aliphatic carbocycles. The van der Waals surface area contributed by atoms with E-state index in [2.05, 4.69) is 6.58 Å². The normalized spacial score (nSPS) is 8.83. The molecule has 2 nitrogen and oxygen atoms in total. The summed E-state index contributed by atoms with van der Waals surface area (Å²) in [5.41, 5.74) is 0. The molecule has 0 aromatic heterocycles. The summed E-state index contributed by atoms with van der Waals surface area (Å²) in [7, 11) is 0. The van der Waals surface area contributed by atoms with Crippen molar-refractivity contribution in [3.63, 3.8) is 0 Å². The van der Waals surface area contributed by atoms with Crippen LogP contribution in [0, 0.1) is 0 Å². The van der Waals surface area contributed by atoms with E-state index in [4.69, 9.17) is 9.47 Å². The minimum Gasteiger partial charge on any atom is -0.466 e. The number of allylic oxidation sites excluding steroid dienone is 2. The third-order valence-corrected chi connectivity index (χ3v) is 1.25. The maximum atomic E-state index is 5.23. The van der Waals surface area contributed by atoms with Crippen LogP contribution in [0.4, 0.5) is 0 Å². The van der Waals surface area contributed by atoms with Crippen LogP contribution in [0.15, 0.2) is 24.7 Å². The molecule has 0 atom stereocenters. The fourth-order valence-electron chi connectivity index (χ4n) is 0.763. The Labute approximate surface area is 74.9 Å². The molecule has 0 radical (unpaired) electrons. The van der Waals surface area contributed by atoms with Crippen molar-refractivity contribution in [1.29, 1.82) is 0 Å². The number of hydrogen-bond acceptors (Lipinski definition) is 2. The molecule has 0 aromatic rings. The molecule has 0 bridgehead atoms. The van der Waals surface area contributed by atoms with E-state index in [0.29, 0.717) is 19.2 Å². The SMILES string of the molecule is C=CCCC=C(OCC)OCC. The first-order valence-corrected chi connectivity index (χ1v) is 4.41. The molecule has 0 aliphatic heterocycles. The van der Waals surface area contributed by atoms with Gasteiger partial charge in [-0.15, -0.1) is 6.58 Å². The van der Waals surface area contributed by atoms with Gasteiger partial charge in [-0.25, -0.2) is 0 Å². The zero-order chi connectivity index (χ0) is 9.23. The van der Waals surface area contributed by atoms with Gasteiger partial charge in [-0.3, -0.25) is 0 Å². The molecule has 0 fully saturated rings. The Balaban J connectivity index is 3.72. The smallest absolute Gasteiger partial charge is 0.274 e. The van der Waals surface area contributed by atoms with Crippen molar-refractivity contribution >= 4 is 0 Å². The fourth-order valence-corrected chi connectivity index (χ4v) is 0.763. The molecular formula is C10H18O2. The zero-order valence-corrected chi connectivity index (χ0v) is 8.01. The predicted molar refractivity (Wildman–Crippen MR) is 50.8 cm³/mol. The van der Waals surface area contributed by atoms with E-state index >= 15 is 0 Å². The average Bonchev–Trinajstić information content (AvgIpc) is 2.06. The molecule has 0 amide bonds. The average molecular weight is 170 g/mol. The first-order chi connectivity index (χ1) is 5.85. The highest BCUT2D eigenvalue weighted by Crippen LogP contribution is 2.03. The van der Waals surface area contributed by atoms with Crippen molar-refractivity contribution in [3.8, 4) is 0 Å². The standard InChI is InChI=1S/C10H18O2/c1-4-7-8-9-10(11-5-2)12-6-3/h4,9H,1,5-8H2,2-3H3. The Kier molecular flexibility index (Phi) is 7.55. The van der Waals surface area contributed by atoms with E-state index < -0.39 is 0 Å². The molecule has 0 rings (SSSR count). The van der Waals surface area contributed by atoms with Crippen molar-refractivity contribution in [2.45, 2.75) is 26.7 Å². The highest BCUT2D eigenvalue weighted by molar-refractivity contribution is 4.86. The molecule has 0 aromatic carbocycles. The second-order valence-corrected chi connectivity index (χ2v) is 2.26. The molecule has 0 spiro atoms. The molecule has 12 heavy (non-hydrogen) atoms. The summed E-state index contributed by atoms with van der Waals surface area (Å²) in [6.07, 6.45) is 5.73. The van der Waals surface area contributed by atoms with Crippen LogP contribution in [0.25, 0.3) is 0 Å². The Morgan fingerprint density at radius 3 is 2.17 bits per heavy atom. The van der Waals surface area contributed by atoms with Gasteiger partial charge in [0, 0.05) is 0 Å². The Bertz CT molecular complexity index is 131. The Hall–Kier alpha value is -0.920. The van der Waals surface area contributed by atoms with E-state index in [1.54, 1.807) is 0 Å². The lowest BCUT2D eigenvalue weighted by molar-refractivity contribution is 0.0455. The molecule has 0 N–H and O–H groups in total. The summed E-state index contributed by atoms with van der Waals surface area (Å²) in [5.74, 6) is 0.641. The van der Waals surface area contributed by atoms with Crippen molar-refractivity contribution in [2.24, 2.45) is 0 Å². The van der Waals surface area contributed by atoms with Gasteiger partial charge in [0.2, 0.25) is 0 Å². The highest BCUT2D eigenvalue weighted by atomic mass is 16.7. The molecule has 0 saturated heterocycles. The van der Waals surface area contributed by atoms with Gasteiger partial charge in [0.15, 0.2) is 0 Å². The van der Waals surface area contributed by atoms with Crippen LogP contribution in [0.2, 0.25) is 0 Å². The maximum Gasteiger partial charge on any atom is 0.274 e. The van der Waals surface area contributed by atoms with Gasteiger partial charge < -0.3 is 9.47 Å². The van der Waals surface area contributed by atoms with Crippen molar-refractivity contribution in [3.05, 3.63) is 24.7 Å². The number of hydrogen-bond donors (Lipinski definition) is 0. The summed E-state index contributed by atoms with van der Waals surface area (Å²) in [6, 6.07) is 0. The van der Waals surface area contributed by atoms with E-state index in [1.165, 1.54) is 0 Å². The summed E-state index contributed by atoms with van der Waals surface area (Å²) in [6.45, 7) is 8.83. The Morgan fingerprint density at radius 2 is 1.75 bits per heavy atom. The minimum atomic E-state index is 0.641. The van der Waals surface area contributed by atoms with Crippen LogP contribution in [-0.2, 0) is 9.47 Å². The molecule has 2 heteroatoms. The first-order valence-electron chi connectivity index (χ1n) is 4.41. The Morgan fingerprint density at radius 1 is 1.17 bits per heavy atom. The molecule has 0 unspecified atom stereocenters. The van der Waals surface area contributed by atoms with Crippen molar-refractivity contribution < 1.29 is 9.47 Å². The van der Waals surface area contributed by atoms with Crippen LogP contribution in [-0.4, -0.2) is 13.2 Å². The monoisotopic (exact) mass is 170 g/mol. The van der Waals surface area contributed by atoms with E-state index in [-0.39, 0.29) is 0 Å². The lowest BCUT2D eigenvalue weighted by atomic mass is 10.3. The van der Waals surface area contributed by atoms with Crippen LogP contribution in [0.5, 0.6) is 0 Å². The first kappa shape index (κ1) is 11.1. The van der Waals surface area contributed by atoms with Crippen LogP contribution >= 0.6 is 0 Å². The summed E-state index contributed by atoms with van der Waals surface area (Å²) >= 11 is 0. The zero-order valence-electron chi connectivity index (χ0n) is 8.01. The third kappa shape index (κ3) is 5.83. The quantitative estimate of drug-likeness (QED) is 0.332. The lowest BCUT2D eigenvalue weighted by Gasteiger charge is -2.07. The van der Waals surface area contributed by atoms with Gasteiger partial charge in [-0.2, -0.15) is 0 Å².